The van der Waals surface area contributed by atoms with Gasteiger partial charge in [-0.2, -0.15) is 8.42 Å². The molecule has 9 heteroatoms. The fraction of sp³-hybridized carbons (Fsp3) is 0.435. The number of hydrogen-bond donors (Lipinski definition) is 0. The maximum Gasteiger partial charge on any atom is 0.309 e. The van der Waals surface area contributed by atoms with Crippen molar-refractivity contribution in [3.05, 3.63) is 59.7 Å². The smallest absolute Gasteiger partial charge is 0.309 e. The molecule has 7 nitrogen and oxygen atoms in total. The molecular formula is C23H31O7PS. The van der Waals surface area contributed by atoms with Crippen LogP contribution in [0.5, 0.6) is 5.75 Å². The summed E-state index contributed by atoms with van der Waals surface area (Å²) >= 11 is 0. The molecule has 2 rings (SSSR count). The Morgan fingerprint density at radius 1 is 1.06 bits per heavy atom. The second-order valence-electron chi connectivity index (χ2n) is 7.30. The van der Waals surface area contributed by atoms with Gasteiger partial charge in [0.15, 0.2) is 0 Å². The number of benzene rings is 2. The fourth-order valence-electron chi connectivity index (χ4n) is 3.29. The molecule has 3 unspecified atom stereocenters. The van der Waals surface area contributed by atoms with Crippen molar-refractivity contribution < 1.29 is 31.4 Å². The summed E-state index contributed by atoms with van der Waals surface area (Å²) in [4.78, 5) is 12.5. The van der Waals surface area contributed by atoms with Crippen molar-refractivity contribution in [3.63, 3.8) is 0 Å². The monoisotopic (exact) mass is 482 g/mol. The number of esters is 1. The van der Waals surface area contributed by atoms with Crippen molar-refractivity contribution in [2.75, 3.05) is 19.8 Å². The lowest BCUT2D eigenvalue weighted by Gasteiger charge is -2.22. The van der Waals surface area contributed by atoms with Gasteiger partial charge in [-0.25, -0.2) is 0 Å². The maximum atomic E-state index is 12.8. The molecule has 3 atom stereocenters. The third-order valence-electron chi connectivity index (χ3n) is 4.95. The minimum Gasteiger partial charge on any atom is -0.492 e. The highest BCUT2D eigenvalue weighted by Crippen LogP contribution is 2.30. The molecule has 0 aliphatic carbocycles. The molecule has 0 spiro atoms. The standard InChI is InChI=1S/C23H31O7PS/c1-4-28-20-15-17(3)11-14-22(20)32(26,27)30-16-21(31-25)19(23(24)29-5-2)13-12-18-9-7-6-8-10-18/h6-11,14-15,19,21H,4-5,12-13,16,31H2,1-3H3. The Balaban J connectivity index is 2.18. The van der Waals surface area contributed by atoms with Gasteiger partial charge in [-0.15, -0.1) is 0 Å². The normalized spacial score (nSPS) is 13.7. The predicted molar refractivity (Wildman–Crippen MR) is 125 cm³/mol. The van der Waals surface area contributed by atoms with Crippen molar-refractivity contribution in [2.24, 2.45) is 5.92 Å². The Hall–Kier alpha value is -2.15. The minimum absolute atomic E-state index is 0.0958. The molecule has 0 aliphatic heterocycles. The molecule has 0 aromatic heterocycles. The van der Waals surface area contributed by atoms with Crippen molar-refractivity contribution >= 4 is 24.5 Å². The summed E-state index contributed by atoms with van der Waals surface area (Å²) in [6, 6.07) is 14.3. The van der Waals surface area contributed by atoms with Crippen LogP contribution < -0.4 is 4.74 Å². The highest BCUT2D eigenvalue weighted by atomic mass is 32.2. The number of rotatable bonds is 13. The Morgan fingerprint density at radius 2 is 1.78 bits per heavy atom. The van der Waals surface area contributed by atoms with E-state index < -0.39 is 36.1 Å². The summed E-state index contributed by atoms with van der Waals surface area (Å²) in [5.74, 6) is -1.03. The number of aryl methyl sites for hydroxylation is 2. The van der Waals surface area contributed by atoms with Crippen LogP contribution in [0.2, 0.25) is 0 Å². The van der Waals surface area contributed by atoms with Crippen molar-refractivity contribution in [2.45, 2.75) is 44.2 Å². The fourth-order valence-corrected chi connectivity index (χ4v) is 5.21. The molecule has 0 fully saturated rings. The van der Waals surface area contributed by atoms with Gasteiger partial charge in [0.25, 0.3) is 0 Å². The van der Waals surface area contributed by atoms with Crippen LogP contribution in [-0.4, -0.2) is 39.9 Å². The van der Waals surface area contributed by atoms with E-state index in [2.05, 4.69) is 0 Å². The van der Waals surface area contributed by atoms with Gasteiger partial charge in [0.05, 0.1) is 34.2 Å². The van der Waals surface area contributed by atoms with Gasteiger partial charge in [0, 0.05) is 5.66 Å². The molecular weight excluding hydrogens is 451 g/mol. The molecule has 2 aromatic carbocycles. The van der Waals surface area contributed by atoms with Gasteiger partial charge in [-0.3, -0.25) is 8.98 Å². The van der Waals surface area contributed by atoms with E-state index >= 15 is 0 Å². The Labute approximate surface area is 191 Å². The third kappa shape index (κ3) is 7.47. The largest absolute Gasteiger partial charge is 0.492 e. The summed E-state index contributed by atoms with van der Waals surface area (Å²) in [7, 11) is -5.66. The van der Waals surface area contributed by atoms with E-state index in [1.54, 1.807) is 26.0 Å². The average Bonchev–Trinajstić information content (AvgIpc) is 2.77. The Kier molecular flexibility index (Phi) is 10.4. The lowest BCUT2D eigenvalue weighted by molar-refractivity contribution is -0.148. The van der Waals surface area contributed by atoms with Gasteiger partial charge < -0.3 is 14.0 Å². The van der Waals surface area contributed by atoms with Gasteiger partial charge in [0.2, 0.25) is 0 Å². The summed E-state index contributed by atoms with van der Waals surface area (Å²) in [6.45, 7) is 5.38. The second kappa shape index (κ2) is 12.8. The summed E-state index contributed by atoms with van der Waals surface area (Å²) in [5.41, 5.74) is 1.10. The van der Waals surface area contributed by atoms with Crippen LogP contribution in [0.4, 0.5) is 0 Å². The van der Waals surface area contributed by atoms with Crippen LogP contribution in [0.1, 0.15) is 31.4 Å². The van der Waals surface area contributed by atoms with Crippen LogP contribution in [0.15, 0.2) is 53.4 Å². The van der Waals surface area contributed by atoms with Crippen LogP contribution in [-0.2, 0) is 34.8 Å². The van der Waals surface area contributed by atoms with Gasteiger partial charge in [-0.05, 0) is 56.9 Å². The molecule has 0 N–H and O–H groups in total. The van der Waals surface area contributed by atoms with E-state index in [1.165, 1.54) is 6.07 Å². The molecule has 0 bridgehead atoms. The van der Waals surface area contributed by atoms with Crippen LogP contribution in [0, 0.1) is 12.8 Å². The SMILES string of the molecule is CCOC(=O)C(CCc1ccccc1)C(COS(=O)(=O)c1ccc(C)cc1OCC)[PH2]=O. The van der Waals surface area contributed by atoms with Gasteiger partial charge in [-0.1, -0.05) is 36.4 Å². The first-order chi connectivity index (χ1) is 15.3. The number of carbonyl (C=O) groups excluding carboxylic acids is 1. The molecule has 32 heavy (non-hydrogen) atoms. The maximum absolute atomic E-state index is 12.8. The van der Waals surface area contributed by atoms with Crippen LogP contribution in [0.3, 0.4) is 0 Å². The van der Waals surface area contributed by atoms with Crippen molar-refractivity contribution in [1.29, 1.82) is 0 Å². The highest BCUT2D eigenvalue weighted by molar-refractivity contribution is 7.86. The Morgan fingerprint density at radius 3 is 2.41 bits per heavy atom. The van der Waals surface area contributed by atoms with Gasteiger partial charge >= 0.3 is 16.1 Å². The van der Waals surface area contributed by atoms with Crippen LogP contribution >= 0.6 is 8.46 Å². The minimum atomic E-state index is -4.18. The molecule has 0 heterocycles. The average molecular weight is 483 g/mol. The zero-order valence-corrected chi connectivity index (χ0v) is 20.6. The van der Waals surface area contributed by atoms with E-state index in [4.69, 9.17) is 13.7 Å². The molecule has 0 saturated carbocycles. The zero-order chi connectivity index (χ0) is 23.6. The number of carbonyl (C=O) groups is 1. The quantitative estimate of drug-likeness (QED) is 0.242. The first kappa shape index (κ1) is 26.1. The highest BCUT2D eigenvalue weighted by Gasteiger charge is 2.31. The summed E-state index contributed by atoms with van der Waals surface area (Å²) in [6.07, 6.45) is 0.945. The zero-order valence-electron chi connectivity index (χ0n) is 18.7. The van der Waals surface area contributed by atoms with E-state index in [9.17, 15) is 17.8 Å². The first-order valence-electron chi connectivity index (χ1n) is 10.6. The van der Waals surface area contributed by atoms with E-state index in [-0.39, 0.29) is 23.9 Å². The first-order valence-corrected chi connectivity index (χ1v) is 13.2. The number of ether oxygens (including phenoxy) is 2. The molecule has 0 amide bonds. The molecule has 0 aliphatic rings. The molecule has 176 valence electrons. The summed E-state index contributed by atoms with van der Waals surface area (Å²) in [5, 5.41) is 0. The molecule has 0 saturated heterocycles. The molecule has 2 aromatic rings. The third-order valence-corrected chi connectivity index (χ3v) is 7.28. The van der Waals surface area contributed by atoms with Crippen molar-refractivity contribution in [1.82, 2.24) is 0 Å². The topological polar surface area (TPSA) is 96.0 Å². The lowest BCUT2D eigenvalue weighted by atomic mass is 9.96. The van der Waals surface area contributed by atoms with Crippen molar-refractivity contribution in [3.8, 4) is 5.75 Å². The second-order valence-corrected chi connectivity index (χ2v) is 10.0. The lowest BCUT2D eigenvalue weighted by Crippen LogP contribution is -2.31. The van der Waals surface area contributed by atoms with E-state index in [0.29, 0.717) is 19.4 Å². The van der Waals surface area contributed by atoms with Crippen LogP contribution in [0.25, 0.3) is 0 Å². The number of hydrogen-bond acceptors (Lipinski definition) is 7. The van der Waals surface area contributed by atoms with Gasteiger partial charge in [0.1, 0.15) is 10.6 Å². The summed E-state index contributed by atoms with van der Waals surface area (Å²) < 4.78 is 53.6. The van der Waals surface area contributed by atoms with E-state index in [1.807, 2.05) is 37.3 Å². The van der Waals surface area contributed by atoms with E-state index in [0.717, 1.165) is 11.1 Å². The predicted octanol–water partition coefficient (Wildman–Crippen LogP) is 4.04. The Bertz CT molecular complexity index is 993. The molecule has 0 radical (unpaired) electrons.